The number of amides is 1. The van der Waals surface area contributed by atoms with E-state index in [0.717, 1.165) is 0 Å². The molecular weight excluding hydrogens is 274 g/mol. The molecule has 110 valence electrons. The van der Waals surface area contributed by atoms with Crippen LogP contribution in [0.4, 0.5) is 0 Å². The summed E-state index contributed by atoms with van der Waals surface area (Å²) in [5, 5.41) is 8.64. The summed E-state index contributed by atoms with van der Waals surface area (Å²) >= 11 is 0. The molecule has 1 N–H and O–H groups in total. The van der Waals surface area contributed by atoms with E-state index in [9.17, 15) is 18.0 Å². The first kappa shape index (κ1) is 15.9. The zero-order valence-corrected chi connectivity index (χ0v) is 11.9. The SMILES string of the molecule is CCN(C(=O)COC(C)C(=O)O)C1CCS(=O)(=O)C1. The van der Waals surface area contributed by atoms with E-state index >= 15 is 0 Å². The van der Waals surface area contributed by atoms with Gasteiger partial charge in [0.25, 0.3) is 0 Å². The molecule has 0 spiro atoms. The Morgan fingerprint density at radius 1 is 1.47 bits per heavy atom. The van der Waals surface area contributed by atoms with Gasteiger partial charge in [0, 0.05) is 12.6 Å². The minimum absolute atomic E-state index is 0.0267. The average Bonchev–Trinajstić information content (AvgIpc) is 2.67. The quantitative estimate of drug-likeness (QED) is 0.709. The van der Waals surface area contributed by atoms with Crippen molar-refractivity contribution in [2.24, 2.45) is 0 Å². The largest absolute Gasteiger partial charge is 0.479 e. The first-order chi connectivity index (χ1) is 8.76. The number of carboxylic acids is 1. The van der Waals surface area contributed by atoms with Gasteiger partial charge in [0.1, 0.15) is 6.61 Å². The lowest BCUT2D eigenvalue weighted by Gasteiger charge is -2.27. The van der Waals surface area contributed by atoms with Crippen LogP contribution in [0.5, 0.6) is 0 Å². The molecule has 0 aliphatic carbocycles. The zero-order valence-electron chi connectivity index (χ0n) is 11.0. The van der Waals surface area contributed by atoms with Crippen molar-refractivity contribution < 1.29 is 27.9 Å². The molecule has 2 unspecified atom stereocenters. The Kier molecular flexibility index (Phi) is 5.30. The maximum atomic E-state index is 11.9. The topological polar surface area (TPSA) is 101 Å². The second-order valence-electron chi connectivity index (χ2n) is 4.53. The molecule has 0 radical (unpaired) electrons. The molecule has 1 amide bonds. The lowest BCUT2D eigenvalue weighted by atomic mass is 10.2. The minimum atomic E-state index is -3.06. The van der Waals surface area contributed by atoms with E-state index < -0.39 is 21.9 Å². The lowest BCUT2D eigenvalue weighted by Crippen LogP contribution is -2.43. The molecule has 8 heteroatoms. The van der Waals surface area contributed by atoms with Crippen molar-refractivity contribution in [3.63, 3.8) is 0 Å². The van der Waals surface area contributed by atoms with Gasteiger partial charge in [-0.05, 0) is 20.3 Å². The molecule has 1 aliphatic rings. The van der Waals surface area contributed by atoms with Crippen LogP contribution in [0.3, 0.4) is 0 Å². The molecule has 0 bridgehead atoms. The number of carbonyl (C=O) groups excluding carboxylic acids is 1. The van der Waals surface area contributed by atoms with Crippen LogP contribution in [0.2, 0.25) is 0 Å². The first-order valence-corrected chi connectivity index (χ1v) is 7.93. The minimum Gasteiger partial charge on any atom is -0.479 e. The van der Waals surface area contributed by atoms with E-state index in [1.807, 2.05) is 0 Å². The van der Waals surface area contributed by atoms with E-state index in [1.165, 1.54) is 11.8 Å². The van der Waals surface area contributed by atoms with E-state index in [-0.39, 0.29) is 30.1 Å². The molecule has 0 aromatic rings. The number of hydrogen-bond donors (Lipinski definition) is 1. The smallest absolute Gasteiger partial charge is 0.332 e. The third-order valence-corrected chi connectivity index (χ3v) is 4.87. The van der Waals surface area contributed by atoms with E-state index in [0.29, 0.717) is 13.0 Å². The van der Waals surface area contributed by atoms with Gasteiger partial charge < -0.3 is 14.7 Å². The first-order valence-electron chi connectivity index (χ1n) is 6.11. The number of sulfone groups is 1. The maximum Gasteiger partial charge on any atom is 0.332 e. The highest BCUT2D eigenvalue weighted by Crippen LogP contribution is 2.17. The predicted molar refractivity (Wildman–Crippen MR) is 67.5 cm³/mol. The number of ether oxygens (including phenoxy) is 1. The molecule has 2 atom stereocenters. The van der Waals surface area contributed by atoms with Gasteiger partial charge in [0.15, 0.2) is 15.9 Å². The monoisotopic (exact) mass is 293 g/mol. The molecule has 1 aliphatic heterocycles. The second-order valence-corrected chi connectivity index (χ2v) is 6.76. The van der Waals surface area contributed by atoms with Crippen LogP contribution >= 0.6 is 0 Å². The third kappa shape index (κ3) is 4.46. The Morgan fingerprint density at radius 2 is 2.11 bits per heavy atom. The summed E-state index contributed by atoms with van der Waals surface area (Å²) in [6.45, 7) is 3.12. The highest BCUT2D eigenvalue weighted by Gasteiger charge is 2.34. The van der Waals surface area contributed by atoms with Crippen LogP contribution in [0.1, 0.15) is 20.3 Å². The predicted octanol–water partition coefficient (Wildman–Crippen LogP) is -0.488. The summed E-state index contributed by atoms with van der Waals surface area (Å²) in [5.74, 6) is -1.45. The summed E-state index contributed by atoms with van der Waals surface area (Å²) in [6.07, 6.45) is -0.633. The zero-order chi connectivity index (χ0) is 14.6. The Morgan fingerprint density at radius 3 is 2.53 bits per heavy atom. The number of aliphatic carboxylic acids is 1. The Hall–Kier alpha value is -1.15. The van der Waals surface area contributed by atoms with Gasteiger partial charge in [-0.1, -0.05) is 0 Å². The van der Waals surface area contributed by atoms with Crippen LogP contribution in [-0.2, 0) is 24.2 Å². The van der Waals surface area contributed by atoms with Gasteiger partial charge >= 0.3 is 5.97 Å². The molecule has 0 aromatic carbocycles. The van der Waals surface area contributed by atoms with E-state index in [1.54, 1.807) is 6.92 Å². The average molecular weight is 293 g/mol. The number of carbonyl (C=O) groups is 2. The molecule has 1 saturated heterocycles. The summed E-state index contributed by atoms with van der Waals surface area (Å²) in [5.41, 5.74) is 0. The Bertz CT molecular complexity index is 446. The molecule has 1 fully saturated rings. The van der Waals surface area contributed by atoms with Crippen molar-refractivity contribution in [1.29, 1.82) is 0 Å². The molecule has 1 heterocycles. The van der Waals surface area contributed by atoms with Crippen LogP contribution in [0.25, 0.3) is 0 Å². The van der Waals surface area contributed by atoms with Crippen LogP contribution in [0.15, 0.2) is 0 Å². The van der Waals surface area contributed by atoms with Crippen molar-refractivity contribution in [3.8, 4) is 0 Å². The Labute approximate surface area is 112 Å². The highest BCUT2D eigenvalue weighted by molar-refractivity contribution is 7.91. The van der Waals surface area contributed by atoms with Gasteiger partial charge in [-0.2, -0.15) is 0 Å². The van der Waals surface area contributed by atoms with Gasteiger partial charge in [0.2, 0.25) is 5.91 Å². The summed E-state index contributed by atoms with van der Waals surface area (Å²) in [6, 6.07) is -0.328. The maximum absolute atomic E-state index is 11.9. The molecule has 1 rings (SSSR count). The number of hydrogen-bond acceptors (Lipinski definition) is 5. The van der Waals surface area contributed by atoms with Gasteiger partial charge in [-0.15, -0.1) is 0 Å². The Balaban J connectivity index is 2.56. The van der Waals surface area contributed by atoms with Crippen LogP contribution in [-0.4, -0.2) is 67.1 Å². The summed E-state index contributed by atoms with van der Waals surface area (Å²) in [4.78, 5) is 23.9. The second kappa shape index (κ2) is 6.33. The van der Waals surface area contributed by atoms with E-state index in [2.05, 4.69) is 0 Å². The summed E-state index contributed by atoms with van der Waals surface area (Å²) in [7, 11) is -3.06. The van der Waals surface area contributed by atoms with Gasteiger partial charge in [-0.25, -0.2) is 13.2 Å². The standard InChI is InChI=1S/C11H19NO6S/c1-3-12(9-4-5-19(16,17)7-9)10(13)6-18-8(2)11(14)15/h8-9H,3-7H2,1-2H3,(H,14,15). The van der Waals surface area contributed by atoms with Crippen LogP contribution < -0.4 is 0 Å². The number of rotatable bonds is 6. The normalized spacial score (nSPS) is 22.9. The van der Waals surface area contributed by atoms with Gasteiger partial charge in [-0.3, -0.25) is 4.79 Å². The van der Waals surface area contributed by atoms with Crippen molar-refractivity contribution in [3.05, 3.63) is 0 Å². The molecule has 7 nitrogen and oxygen atoms in total. The molecule has 0 saturated carbocycles. The van der Waals surface area contributed by atoms with Crippen LogP contribution in [0, 0.1) is 0 Å². The van der Waals surface area contributed by atoms with E-state index in [4.69, 9.17) is 9.84 Å². The highest BCUT2D eigenvalue weighted by atomic mass is 32.2. The van der Waals surface area contributed by atoms with Crippen molar-refractivity contribution in [2.75, 3.05) is 24.7 Å². The molecule has 19 heavy (non-hydrogen) atoms. The fourth-order valence-corrected chi connectivity index (χ4v) is 3.74. The lowest BCUT2D eigenvalue weighted by molar-refractivity contribution is -0.153. The summed E-state index contributed by atoms with van der Waals surface area (Å²) < 4.78 is 27.7. The third-order valence-electron chi connectivity index (χ3n) is 3.11. The number of likely N-dealkylation sites (N-methyl/N-ethyl adjacent to an activating group) is 1. The fraction of sp³-hybridized carbons (Fsp3) is 0.818. The van der Waals surface area contributed by atoms with Crippen molar-refractivity contribution in [1.82, 2.24) is 4.90 Å². The molecular formula is C11H19NO6S. The van der Waals surface area contributed by atoms with Crippen molar-refractivity contribution >= 4 is 21.7 Å². The van der Waals surface area contributed by atoms with Crippen molar-refractivity contribution in [2.45, 2.75) is 32.4 Å². The fourth-order valence-electron chi connectivity index (χ4n) is 2.01. The number of carboxylic acid groups (broad SMARTS) is 1. The molecule has 0 aromatic heterocycles. The number of nitrogens with zero attached hydrogens (tertiary/aromatic N) is 1. The van der Waals surface area contributed by atoms with Gasteiger partial charge in [0.05, 0.1) is 11.5 Å².